The monoisotopic (exact) mass is 559 g/mol. The van der Waals surface area contributed by atoms with Gasteiger partial charge in [0.15, 0.2) is 0 Å². The number of fused-ring (bicyclic) bond motifs is 2. The van der Waals surface area contributed by atoms with E-state index >= 15 is 0 Å². The lowest BCUT2D eigenvalue weighted by molar-refractivity contribution is 0.0954. The molecular weight excluding hydrogens is 537 g/mol. The van der Waals surface area contributed by atoms with Gasteiger partial charge in [0.1, 0.15) is 5.75 Å². The number of para-hydroxylation sites is 1. The number of nitrogens with zero attached hydrogens (tertiary/aromatic N) is 2. The Morgan fingerprint density at radius 3 is 2.65 bits per heavy atom. The van der Waals surface area contributed by atoms with Crippen molar-refractivity contribution >= 4 is 56.4 Å². The van der Waals surface area contributed by atoms with Crippen molar-refractivity contribution in [2.45, 2.75) is 6.54 Å². The first kappa shape index (κ1) is 22.2. The quantitative estimate of drug-likeness (QED) is 0.153. The highest BCUT2D eigenvalue weighted by atomic mass is 127. The number of carbonyl (C=O) groups is 1. The number of amides is 1. The molecule has 0 atom stereocenters. The van der Waals surface area contributed by atoms with Crippen LogP contribution in [0.25, 0.3) is 21.7 Å². The lowest BCUT2D eigenvalue weighted by Gasteiger charge is -2.07. The Bertz CT molecular complexity index is 1540. The minimum Gasteiger partial charge on any atom is -0.496 e. The van der Waals surface area contributed by atoms with Crippen molar-refractivity contribution in [2.75, 3.05) is 7.11 Å². The summed E-state index contributed by atoms with van der Waals surface area (Å²) < 4.78 is 8.46. The van der Waals surface area contributed by atoms with Gasteiger partial charge in [-0.3, -0.25) is 4.79 Å². The highest BCUT2D eigenvalue weighted by Gasteiger charge is 2.10. The Morgan fingerprint density at radius 2 is 1.79 bits per heavy atom. The summed E-state index contributed by atoms with van der Waals surface area (Å²) >= 11 is 2.17. The summed E-state index contributed by atoms with van der Waals surface area (Å²) in [7, 11) is 1.59. The van der Waals surface area contributed by atoms with Crippen molar-refractivity contribution in [2.24, 2.45) is 5.10 Å². The maximum Gasteiger partial charge on any atom is 0.271 e. The Hall–Kier alpha value is -3.65. The molecule has 1 N–H and O–H groups in total. The lowest BCUT2D eigenvalue weighted by Crippen LogP contribution is -2.17. The van der Waals surface area contributed by atoms with Gasteiger partial charge < -0.3 is 9.30 Å². The minimum atomic E-state index is -0.286. The maximum absolute atomic E-state index is 12.5. The van der Waals surface area contributed by atoms with Crippen molar-refractivity contribution in [3.05, 3.63) is 111 Å². The zero-order valence-corrected chi connectivity index (χ0v) is 20.7. The lowest BCUT2D eigenvalue weighted by atomic mass is 10.1. The molecule has 5 nitrogen and oxygen atoms in total. The zero-order chi connectivity index (χ0) is 23.5. The number of carbonyl (C=O) groups excluding carboxylic acids is 1. The predicted octanol–water partition coefficient (Wildman–Crippen LogP) is 6.22. The summed E-state index contributed by atoms with van der Waals surface area (Å²) in [5, 5.41) is 7.77. The van der Waals surface area contributed by atoms with Crippen LogP contribution in [0.1, 0.15) is 21.5 Å². The van der Waals surface area contributed by atoms with Crippen molar-refractivity contribution in [1.82, 2.24) is 9.99 Å². The Balaban J connectivity index is 1.38. The largest absolute Gasteiger partial charge is 0.496 e. The number of hydrazone groups is 1. The molecule has 34 heavy (non-hydrogen) atoms. The van der Waals surface area contributed by atoms with Crippen LogP contribution in [0, 0.1) is 3.57 Å². The molecule has 0 fully saturated rings. The number of nitrogens with one attached hydrogen (secondary N) is 1. The maximum atomic E-state index is 12.5. The summed E-state index contributed by atoms with van der Waals surface area (Å²) in [5.74, 6) is 0.375. The van der Waals surface area contributed by atoms with Gasteiger partial charge in [-0.15, -0.1) is 0 Å². The first-order valence-corrected chi connectivity index (χ1v) is 11.9. The normalized spacial score (nSPS) is 11.4. The molecule has 5 rings (SSSR count). The fourth-order valence-corrected chi connectivity index (χ4v) is 4.62. The van der Waals surface area contributed by atoms with Crippen LogP contribution in [-0.2, 0) is 6.54 Å². The highest BCUT2D eigenvalue weighted by Crippen LogP contribution is 2.24. The number of aromatic nitrogens is 1. The van der Waals surface area contributed by atoms with E-state index < -0.39 is 0 Å². The van der Waals surface area contributed by atoms with Gasteiger partial charge in [-0.05, 0) is 69.3 Å². The SMILES string of the molecule is COc1cc(C(=O)N/N=C\c2cn(Cc3ccc4ccccc4c3)c3ccccc23)ccc1I. The van der Waals surface area contributed by atoms with Crippen LogP contribution in [0.2, 0.25) is 0 Å². The van der Waals surface area contributed by atoms with Gasteiger partial charge in [-0.1, -0.05) is 54.6 Å². The standard InChI is InChI=1S/C28H22IN3O2/c1-34-27-15-22(12-13-25(27)29)28(33)31-30-16-23-18-32(26-9-5-4-8-24(23)26)17-19-10-11-20-6-2-3-7-21(20)14-19/h2-16,18H,17H2,1H3,(H,31,33)/b30-16-. The number of halogens is 1. The summed E-state index contributed by atoms with van der Waals surface area (Å²) in [6, 6.07) is 28.5. The van der Waals surface area contributed by atoms with E-state index in [2.05, 4.69) is 98.5 Å². The van der Waals surface area contributed by atoms with Gasteiger partial charge >= 0.3 is 0 Å². The Morgan fingerprint density at radius 1 is 1.00 bits per heavy atom. The molecule has 0 saturated carbocycles. The van der Waals surface area contributed by atoms with Crippen LogP contribution in [0.5, 0.6) is 5.75 Å². The van der Waals surface area contributed by atoms with Gasteiger partial charge in [0.05, 0.1) is 16.9 Å². The van der Waals surface area contributed by atoms with Crippen LogP contribution in [0.4, 0.5) is 0 Å². The molecule has 0 spiro atoms. The molecule has 5 aromatic rings. The number of hydrogen-bond acceptors (Lipinski definition) is 3. The van der Waals surface area contributed by atoms with Crippen LogP contribution in [0.15, 0.2) is 96.2 Å². The van der Waals surface area contributed by atoms with Gasteiger partial charge in [0.25, 0.3) is 5.91 Å². The molecule has 1 amide bonds. The summed E-state index contributed by atoms with van der Waals surface area (Å²) in [6.45, 7) is 0.744. The summed E-state index contributed by atoms with van der Waals surface area (Å²) in [5.41, 5.74) is 6.40. The molecule has 0 radical (unpaired) electrons. The first-order chi connectivity index (χ1) is 16.6. The second-order valence-electron chi connectivity index (χ2n) is 7.96. The van der Waals surface area contributed by atoms with E-state index in [1.165, 1.54) is 16.3 Å². The highest BCUT2D eigenvalue weighted by molar-refractivity contribution is 14.1. The Kier molecular flexibility index (Phi) is 6.31. The summed E-state index contributed by atoms with van der Waals surface area (Å²) in [4.78, 5) is 12.5. The van der Waals surface area contributed by atoms with Gasteiger partial charge in [-0.2, -0.15) is 5.10 Å². The molecule has 0 bridgehead atoms. The summed E-state index contributed by atoms with van der Waals surface area (Å²) in [6.07, 6.45) is 3.77. The molecule has 0 saturated heterocycles. The van der Waals surface area contributed by atoms with Gasteiger partial charge in [0, 0.05) is 34.8 Å². The average Bonchev–Trinajstić information content (AvgIpc) is 3.21. The van der Waals surface area contributed by atoms with Gasteiger partial charge in [0.2, 0.25) is 0 Å². The molecule has 0 aliphatic rings. The molecule has 0 unspecified atom stereocenters. The van der Waals surface area contributed by atoms with Crippen LogP contribution in [0.3, 0.4) is 0 Å². The molecule has 6 heteroatoms. The molecule has 0 aliphatic carbocycles. The zero-order valence-electron chi connectivity index (χ0n) is 18.5. The first-order valence-electron chi connectivity index (χ1n) is 10.8. The van der Waals surface area contributed by atoms with E-state index in [1.807, 2.05) is 18.2 Å². The molecule has 1 aromatic heterocycles. The van der Waals surface area contributed by atoms with Crippen molar-refractivity contribution in [3.8, 4) is 5.75 Å². The molecule has 168 valence electrons. The number of rotatable bonds is 6. The van der Waals surface area contributed by atoms with E-state index in [4.69, 9.17) is 4.74 Å². The number of hydrogen-bond donors (Lipinski definition) is 1. The third-order valence-corrected chi connectivity index (χ3v) is 6.66. The fraction of sp³-hybridized carbons (Fsp3) is 0.0714. The smallest absolute Gasteiger partial charge is 0.271 e. The molecule has 1 heterocycles. The van der Waals surface area contributed by atoms with Crippen LogP contribution >= 0.6 is 22.6 Å². The second-order valence-corrected chi connectivity index (χ2v) is 9.12. The third-order valence-electron chi connectivity index (χ3n) is 5.77. The average molecular weight is 559 g/mol. The van der Waals surface area contributed by atoms with Gasteiger partial charge in [-0.25, -0.2) is 5.43 Å². The molecule has 0 aliphatic heterocycles. The van der Waals surface area contributed by atoms with Crippen molar-refractivity contribution < 1.29 is 9.53 Å². The van der Waals surface area contributed by atoms with E-state index in [9.17, 15) is 4.79 Å². The van der Waals surface area contributed by atoms with Crippen molar-refractivity contribution in [1.29, 1.82) is 0 Å². The number of ether oxygens (including phenoxy) is 1. The fourth-order valence-electron chi connectivity index (χ4n) is 4.07. The van der Waals surface area contributed by atoms with Crippen LogP contribution in [-0.4, -0.2) is 23.8 Å². The second kappa shape index (κ2) is 9.69. The Labute approximate surface area is 211 Å². The third kappa shape index (κ3) is 4.54. The van der Waals surface area contributed by atoms with E-state index in [-0.39, 0.29) is 5.91 Å². The topological polar surface area (TPSA) is 55.6 Å². The minimum absolute atomic E-state index is 0.286. The molecule has 4 aromatic carbocycles. The predicted molar refractivity (Wildman–Crippen MR) is 146 cm³/mol. The number of benzene rings is 4. The number of methoxy groups -OCH3 is 1. The van der Waals surface area contributed by atoms with E-state index in [1.54, 1.807) is 25.5 Å². The van der Waals surface area contributed by atoms with E-state index in [0.29, 0.717) is 11.3 Å². The van der Waals surface area contributed by atoms with Crippen molar-refractivity contribution in [3.63, 3.8) is 0 Å². The molecular formula is C28H22IN3O2. The van der Waals surface area contributed by atoms with E-state index in [0.717, 1.165) is 26.6 Å². The van der Waals surface area contributed by atoms with Crippen LogP contribution < -0.4 is 10.2 Å².